The maximum absolute atomic E-state index is 12.4. The zero-order valence-corrected chi connectivity index (χ0v) is 15.9. The lowest BCUT2D eigenvalue weighted by atomic mass is 10.1. The van der Waals surface area contributed by atoms with E-state index in [1.54, 1.807) is 31.2 Å². The van der Waals surface area contributed by atoms with Crippen molar-refractivity contribution in [3.05, 3.63) is 71.5 Å². The Morgan fingerprint density at radius 1 is 1.00 bits per heavy atom. The normalized spacial score (nSPS) is 11.1. The molecule has 0 unspecified atom stereocenters. The number of hydrogen-bond donors (Lipinski definition) is 2. The Morgan fingerprint density at radius 3 is 2.32 bits per heavy atom. The highest BCUT2D eigenvalue weighted by molar-refractivity contribution is 7.92. The SMILES string of the molecule is CC(=O)c1cccc(NC(=O)c2ccc(S(=O)(=O)Nc3cc(C)on3)cc2)c1. The van der Waals surface area contributed by atoms with Gasteiger partial charge in [0.15, 0.2) is 11.6 Å². The monoisotopic (exact) mass is 399 g/mol. The Hall–Kier alpha value is -3.46. The Labute approximate surface area is 161 Å². The van der Waals surface area contributed by atoms with E-state index in [1.165, 1.54) is 37.3 Å². The maximum Gasteiger partial charge on any atom is 0.263 e. The molecule has 0 aliphatic rings. The molecule has 2 N–H and O–H groups in total. The molecule has 1 amide bonds. The number of aromatic nitrogens is 1. The van der Waals surface area contributed by atoms with E-state index < -0.39 is 15.9 Å². The van der Waals surface area contributed by atoms with Crippen LogP contribution < -0.4 is 10.0 Å². The zero-order chi connectivity index (χ0) is 20.3. The van der Waals surface area contributed by atoms with Crippen LogP contribution in [0.15, 0.2) is 64.0 Å². The summed E-state index contributed by atoms with van der Waals surface area (Å²) in [6, 6.07) is 13.4. The fourth-order valence-electron chi connectivity index (χ4n) is 2.42. The number of ketones is 1. The van der Waals surface area contributed by atoms with Crippen molar-refractivity contribution in [2.45, 2.75) is 18.7 Å². The molecule has 2 aromatic carbocycles. The average molecular weight is 399 g/mol. The molecule has 0 saturated carbocycles. The molecule has 1 aromatic heterocycles. The first-order chi connectivity index (χ1) is 13.2. The number of benzene rings is 2. The third kappa shape index (κ3) is 4.44. The van der Waals surface area contributed by atoms with Crippen molar-refractivity contribution < 1.29 is 22.5 Å². The second-order valence-electron chi connectivity index (χ2n) is 6.04. The molecule has 0 radical (unpaired) electrons. The molecule has 28 heavy (non-hydrogen) atoms. The molecule has 3 aromatic rings. The predicted molar refractivity (Wildman–Crippen MR) is 103 cm³/mol. The molecule has 144 valence electrons. The number of Topliss-reactive ketones (excluding diaryl/α,β-unsaturated/α-hetero) is 1. The topological polar surface area (TPSA) is 118 Å². The average Bonchev–Trinajstić information content (AvgIpc) is 3.06. The summed E-state index contributed by atoms with van der Waals surface area (Å²) in [5, 5.41) is 6.26. The molecular weight excluding hydrogens is 382 g/mol. The molecule has 0 spiro atoms. The number of anilines is 2. The van der Waals surface area contributed by atoms with Crippen molar-refractivity contribution in [3.8, 4) is 0 Å². The summed E-state index contributed by atoms with van der Waals surface area (Å²) in [6.07, 6.45) is 0. The molecule has 1 heterocycles. The lowest BCUT2D eigenvalue weighted by molar-refractivity contribution is 0.101. The summed E-state index contributed by atoms with van der Waals surface area (Å²) >= 11 is 0. The van der Waals surface area contributed by atoms with E-state index in [0.29, 0.717) is 17.0 Å². The number of nitrogens with zero attached hydrogens (tertiary/aromatic N) is 1. The molecule has 0 atom stereocenters. The first-order valence-corrected chi connectivity index (χ1v) is 9.71. The smallest absolute Gasteiger partial charge is 0.263 e. The van der Waals surface area contributed by atoms with Crippen LogP contribution >= 0.6 is 0 Å². The van der Waals surface area contributed by atoms with E-state index in [-0.39, 0.29) is 22.1 Å². The van der Waals surface area contributed by atoms with Gasteiger partial charge >= 0.3 is 0 Å². The fraction of sp³-hybridized carbons (Fsp3) is 0.105. The lowest BCUT2D eigenvalue weighted by Crippen LogP contribution is -2.15. The minimum Gasteiger partial charge on any atom is -0.360 e. The standard InChI is InChI=1S/C19H17N3O5S/c1-12-10-18(21-27-12)22-28(25,26)17-8-6-14(7-9-17)19(24)20-16-5-3-4-15(11-16)13(2)23/h3-11H,1-2H3,(H,20,24)(H,21,22). The lowest BCUT2D eigenvalue weighted by Gasteiger charge is -2.08. The van der Waals surface area contributed by atoms with Crippen LogP contribution in [0.25, 0.3) is 0 Å². The summed E-state index contributed by atoms with van der Waals surface area (Å²) in [5.74, 6) is 0.00781. The second kappa shape index (κ2) is 7.65. The Kier molecular flexibility index (Phi) is 5.27. The number of aryl methyl sites for hydroxylation is 1. The van der Waals surface area contributed by atoms with Crippen LogP contribution in [0.3, 0.4) is 0 Å². The summed E-state index contributed by atoms with van der Waals surface area (Å²) < 4.78 is 31.8. The van der Waals surface area contributed by atoms with Crippen LogP contribution in [0.1, 0.15) is 33.4 Å². The fourth-order valence-corrected chi connectivity index (χ4v) is 3.40. The molecule has 0 saturated heterocycles. The molecular formula is C19H17N3O5S. The number of carbonyl (C=O) groups is 2. The van der Waals surface area contributed by atoms with E-state index in [1.807, 2.05) is 0 Å². The summed E-state index contributed by atoms with van der Waals surface area (Å²) in [6.45, 7) is 3.08. The highest BCUT2D eigenvalue weighted by atomic mass is 32.2. The van der Waals surface area contributed by atoms with Gasteiger partial charge in [0.05, 0.1) is 4.90 Å². The predicted octanol–water partition coefficient (Wildman–Crippen LogP) is 3.24. The van der Waals surface area contributed by atoms with Crippen molar-refractivity contribution >= 4 is 33.2 Å². The zero-order valence-electron chi connectivity index (χ0n) is 15.1. The first-order valence-electron chi connectivity index (χ1n) is 8.23. The molecule has 0 bridgehead atoms. The molecule has 9 heteroatoms. The largest absolute Gasteiger partial charge is 0.360 e. The summed E-state index contributed by atoms with van der Waals surface area (Å²) in [4.78, 5) is 23.8. The van der Waals surface area contributed by atoms with E-state index >= 15 is 0 Å². The van der Waals surface area contributed by atoms with Gasteiger partial charge in [-0.2, -0.15) is 0 Å². The minimum atomic E-state index is -3.86. The number of amides is 1. The van der Waals surface area contributed by atoms with Gasteiger partial charge in [0.1, 0.15) is 5.76 Å². The molecule has 3 rings (SSSR count). The van der Waals surface area contributed by atoms with Gasteiger partial charge in [-0.05, 0) is 50.2 Å². The molecule has 8 nitrogen and oxygen atoms in total. The first kappa shape index (κ1) is 19.3. The van der Waals surface area contributed by atoms with Crippen LogP contribution in [0.5, 0.6) is 0 Å². The number of carbonyl (C=O) groups excluding carboxylic acids is 2. The van der Waals surface area contributed by atoms with Crippen LogP contribution in [-0.2, 0) is 10.0 Å². The third-order valence-corrected chi connectivity index (χ3v) is 5.19. The Bertz CT molecular complexity index is 1130. The van der Waals surface area contributed by atoms with Crippen LogP contribution in [0, 0.1) is 6.92 Å². The quantitative estimate of drug-likeness (QED) is 0.614. The van der Waals surface area contributed by atoms with E-state index in [0.717, 1.165) is 0 Å². The molecule has 0 aliphatic carbocycles. The third-order valence-electron chi connectivity index (χ3n) is 3.82. The Balaban J connectivity index is 1.73. The number of rotatable bonds is 6. The van der Waals surface area contributed by atoms with Gasteiger partial charge in [-0.3, -0.25) is 14.3 Å². The van der Waals surface area contributed by atoms with Crippen LogP contribution in [-0.4, -0.2) is 25.3 Å². The van der Waals surface area contributed by atoms with E-state index in [4.69, 9.17) is 4.52 Å². The summed E-state index contributed by atoms with van der Waals surface area (Å²) in [7, 11) is -3.86. The minimum absolute atomic E-state index is 0.0247. The van der Waals surface area contributed by atoms with Gasteiger partial charge in [-0.1, -0.05) is 17.3 Å². The van der Waals surface area contributed by atoms with Crippen molar-refractivity contribution in [2.75, 3.05) is 10.0 Å². The number of hydrogen-bond acceptors (Lipinski definition) is 6. The van der Waals surface area contributed by atoms with Crippen molar-refractivity contribution in [2.24, 2.45) is 0 Å². The van der Waals surface area contributed by atoms with E-state index in [2.05, 4.69) is 15.2 Å². The van der Waals surface area contributed by atoms with Gasteiger partial charge in [-0.15, -0.1) is 0 Å². The van der Waals surface area contributed by atoms with E-state index in [9.17, 15) is 18.0 Å². The number of nitrogens with one attached hydrogen (secondary N) is 2. The van der Waals surface area contributed by atoms with Crippen molar-refractivity contribution in [1.82, 2.24) is 5.16 Å². The van der Waals surface area contributed by atoms with Crippen molar-refractivity contribution in [3.63, 3.8) is 0 Å². The van der Waals surface area contributed by atoms with Gasteiger partial charge in [0, 0.05) is 22.9 Å². The van der Waals surface area contributed by atoms with Crippen molar-refractivity contribution in [1.29, 1.82) is 0 Å². The van der Waals surface area contributed by atoms with Gasteiger partial charge in [0.2, 0.25) is 0 Å². The number of sulfonamides is 1. The Morgan fingerprint density at radius 2 is 1.71 bits per heavy atom. The van der Waals surface area contributed by atoms with Crippen LogP contribution in [0.2, 0.25) is 0 Å². The molecule has 0 fully saturated rings. The summed E-state index contributed by atoms with van der Waals surface area (Å²) in [5.41, 5.74) is 1.22. The highest BCUT2D eigenvalue weighted by Gasteiger charge is 2.17. The highest BCUT2D eigenvalue weighted by Crippen LogP contribution is 2.18. The molecule has 0 aliphatic heterocycles. The second-order valence-corrected chi connectivity index (χ2v) is 7.73. The van der Waals surface area contributed by atoms with Gasteiger partial charge < -0.3 is 9.84 Å². The van der Waals surface area contributed by atoms with Crippen LogP contribution in [0.4, 0.5) is 11.5 Å². The van der Waals surface area contributed by atoms with Gasteiger partial charge in [-0.25, -0.2) is 8.42 Å². The maximum atomic E-state index is 12.4. The van der Waals surface area contributed by atoms with Gasteiger partial charge in [0.25, 0.3) is 15.9 Å².